The predicted molar refractivity (Wildman–Crippen MR) is 85.5 cm³/mol. The van der Waals surface area contributed by atoms with Crippen molar-refractivity contribution < 1.29 is 14.2 Å². The minimum Gasteiger partial charge on any atom is -0.494 e. The maximum atomic E-state index is 13.7. The van der Waals surface area contributed by atoms with Crippen LogP contribution in [0.2, 0.25) is 0 Å². The first-order valence-electron chi connectivity index (χ1n) is 7.30. The lowest BCUT2D eigenvalue weighted by Crippen LogP contribution is -2.24. The molecule has 2 atom stereocenters. The summed E-state index contributed by atoms with van der Waals surface area (Å²) < 4.78 is 18.6. The minimum absolute atomic E-state index is 0.122. The number of aliphatic hydroxyl groups is 1. The highest BCUT2D eigenvalue weighted by Gasteiger charge is 2.12. The highest BCUT2D eigenvalue weighted by Crippen LogP contribution is 2.22. The average Bonchev–Trinajstić information content (AvgIpc) is 2.59. The zero-order chi connectivity index (χ0) is 16.8. The fourth-order valence-corrected chi connectivity index (χ4v) is 2.26. The Balaban J connectivity index is 1.96. The number of nitrogens with zero attached hydrogens (tertiary/aromatic N) is 1. The van der Waals surface area contributed by atoms with Crippen LogP contribution in [0.5, 0.6) is 5.75 Å². The fraction of sp³-hybridized carbons (Fsp3) is 0.278. The zero-order valence-electron chi connectivity index (χ0n) is 13.1. The second-order valence-electron chi connectivity index (χ2n) is 5.27. The summed E-state index contributed by atoms with van der Waals surface area (Å²) >= 11 is 0. The number of nitriles is 1. The average molecular weight is 314 g/mol. The van der Waals surface area contributed by atoms with E-state index in [0.717, 1.165) is 11.1 Å². The van der Waals surface area contributed by atoms with Gasteiger partial charge in [-0.3, -0.25) is 0 Å². The molecular formula is C18H19FN2O2. The van der Waals surface area contributed by atoms with Crippen molar-refractivity contribution in [3.63, 3.8) is 0 Å². The van der Waals surface area contributed by atoms with Crippen molar-refractivity contribution >= 4 is 0 Å². The highest BCUT2D eigenvalue weighted by molar-refractivity contribution is 5.33. The van der Waals surface area contributed by atoms with Crippen molar-refractivity contribution in [1.82, 2.24) is 5.32 Å². The van der Waals surface area contributed by atoms with Crippen LogP contribution in [0.25, 0.3) is 0 Å². The molecule has 0 amide bonds. The molecule has 0 fully saturated rings. The van der Waals surface area contributed by atoms with E-state index in [4.69, 9.17) is 10.00 Å². The zero-order valence-corrected chi connectivity index (χ0v) is 13.1. The topological polar surface area (TPSA) is 65.3 Å². The number of nitrogens with one attached hydrogen (secondary N) is 1. The van der Waals surface area contributed by atoms with Crippen LogP contribution in [0.3, 0.4) is 0 Å². The number of ether oxygens (including phenoxy) is 1. The van der Waals surface area contributed by atoms with E-state index in [9.17, 15) is 9.50 Å². The van der Waals surface area contributed by atoms with Crippen molar-refractivity contribution in [2.24, 2.45) is 0 Å². The molecule has 0 aliphatic rings. The van der Waals surface area contributed by atoms with Crippen LogP contribution in [0.4, 0.5) is 4.39 Å². The van der Waals surface area contributed by atoms with Gasteiger partial charge in [0.2, 0.25) is 0 Å². The third kappa shape index (κ3) is 4.28. The van der Waals surface area contributed by atoms with Gasteiger partial charge in [-0.05, 0) is 42.3 Å². The van der Waals surface area contributed by atoms with Gasteiger partial charge in [0.25, 0.3) is 0 Å². The number of hydrogen-bond donors (Lipinski definition) is 2. The number of benzene rings is 2. The summed E-state index contributed by atoms with van der Waals surface area (Å²) in [6.07, 6.45) is -0.701. The van der Waals surface area contributed by atoms with E-state index in [2.05, 4.69) is 5.32 Å². The Hall–Kier alpha value is -2.42. The number of halogens is 1. The Morgan fingerprint density at radius 1 is 1.22 bits per heavy atom. The van der Waals surface area contributed by atoms with Gasteiger partial charge in [-0.2, -0.15) is 5.26 Å². The first-order valence-corrected chi connectivity index (χ1v) is 7.30. The molecule has 5 heteroatoms. The van der Waals surface area contributed by atoms with Crippen molar-refractivity contribution in [3.8, 4) is 11.8 Å². The SMILES string of the molecule is COc1ccc(C(C)NCC(O)c2ccc(C#N)cc2)cc1F. The molecule has 0 aliphatic heterocycles. The monoisotopic (exact) mass is 314 g/mol. The summed E-state index contributed by atoms with van der Waals surface area (Å²) in [4.78, 5) is 0. The third-order valence-corrected chi connectivity index (χ3v) is 3.72. The quantitative estimate of drug-likeness (QED) is 0.860. The van der Waals surface area contributed by atoms with Gasteiger partial charge in [-0.1, -0.05) is 18.2 Å². The largest absolute Gasteiger partial charge is 0.494 e. The molecule has 0 bridgehead atoms. The Bertz CT molecular complexity index is 695. The van der Waals surface area contributed by atoms with Gasteiger partial charge in [-0.25, -0.2) is 4.39 Å². The predicted octanol–water partition coefficient (Wildman–Crippen LogP) is 3.09. The van der Waals surface area contributed by atoms with Gasteiger partial charge >= 0.3 is 0 Å². The normalized spacial score (nSPS) is 13.2. The van der Waals surface area contributed by atoms with Crippen LogP contribution in [0.1, 0.15) is 35.8 Å². The van der Waals surface area contributed by atoms with E-state index >= 15 is 0 Å². The number of methoxy groups -OCH3 is 1. The van der Waals surface area contributed by atoms with Crippen LogP contribution >= 0.6 is 0 Å². The molecule has 2 rings (SSSR count). The van der Waals surface area contributed by atoms with Gasteiger partial charge in [0, 0.05) is 12.6 Å². The standard InChI is InChI=1S/C18H19FN2O2/c1-12(15-7-8-18(23-2)16(19)9-15)21-11-17(22)14-5-3-13(10-20)4-6-14/h3-9,12,17,21-22H,11H2,1-2H3. The molecule has 0 aromatic heterocycles. The van der Waals surface area contributed by atoms with Crippen molar-refractivity contribution in [2.45, 2.75) is 19.1 Å². The molecule has 0 spiro atoms. The van der Waals surface area contributed by atoms with Gasteiger partial charge < -0.3 is 15.2 Å². The highest BCUT2D eigenvalue weighted by atomic mass is 19.1. The minimum atomic E-state index is -0.701. The van der Waals surface area contributed by atoms with E-state index in [0.29, 0.717) is 12.1 Å². The lowest BCUT2D eigenvalue weighted by atomic mass is 10.1. The Morgan fingerprint density at radius 2 is 1.87 bits per heavy atom. The first-order chi connectivity index (χ1) is 11.0. The van der Waals surface area contributed by atoms with Crippen molar-refractivity contribution in [1.29, 1.82) is 5.26 Å². The van der Waals surface area contributed by atoms with Gasteiger partial charge in [0.1, 0.15) is 0 Å². The molecule has 2 aromatic rings. The summed E-state index contributed by atoms with van der Waals surface area (Å²) in [5.74, 6) is -0.204. The third-order valence-electron chi connectivity index (χ3n) is 3.72. The van der Waals surface area contributed by atoms with Crippen molar-refractivity contribution in [3.05, 3.63) is 65.0 Å². The molecule has 23 heavy (non-hydrogen) atoms. The van der Waals surface area contributed by atoms with Crippen LogP contribution in [0.15, 0.2) is 42.5 Å². The molecule has 0 heterocycles. The molecule has 0 radical (unpaired) electrons. The van der Waals surface area contributed by atoms with Crippen molar-refractivity contribution in [2.75, 3.05) is 13.7 Å². The molecule has 4 nitrogen and oxygen atoms in total. The molecule has 2 N–H and O–H groups in total. The summed E-state index contributed by atoms with van der Waals surface area (Å²) in [6, 6.07) is 13.5. The second kappa shape index (κ2) is 7.73. The van der Waals surface area contributed by atoms with E-state index in [-0.39, 0.29) is 11.8 Å². The smallest absolute Gasteiger partial charge is 0.165 e. The molecule has 120 valence electrons. The van der Waals surface area contributed by atoms with E-state index in [1.807, 2.05) is 13.0 Å². The van der Waals surface area contributed by atoms with Crippen LogP contribution < -0.4 is 10.1 Å². The lowest BCUT2D eigenvalue weighted by molar-refractivity contribution is 0.171. The maximum Gasteiger partial charge on any atom is 0.165 e. The van der Waals surface area contributed by atoms with Gasteiger partial charge in [0.05, 0.1) is 24.8 Å². The second-order valence-corrected chi connectivity index (χ2v) is 5.27. The molecule has 2 unspecified atom stereocenters. The van der Waals surface area contributed by atoms with E-state index < -0.39 is 11.9 Å². The lowest BCUT2D eigenvalue weighted by Gasteiger charge is -2.18. The molecule has 0 saturated carbocycles. The molecule has 0 aliphatic carbocycles. The summed E-state index contributed by atoms with van der Waals surface area (Å²) in [6.45, 7) is 2.22. The summed E-state index contributed by atoms with van der Waals surface area (Å²) in [5, 5.41) is 22.1. The van der Waals surface area contributed by atoms with E-state index in [1.54, 1.807) is 36.4 Å². The Kier molecular flexibility index (Phi) is 5.69. The number of rotatable bonds is 6. The molecular weight excluding hydrogens is 295 g/mol. The first kappa shape index (κ1) is 16.9. The van der Waals surface area contributed by atoms with Crippen LogP contribution in [-0.4, -0.2) is 18.8 Å². The van der Waals surface area contributed by atoms with E-state index in [1.165, 1.54) is 13.2 Å². The number of aliphatic hydroxyl groups excluding tert-OH is 1. The maximum absolute atomic E-state index is 13.7. The summed E-state index contributed by atoms with van der Waals surface area (Å²) in [5.41, 5.74) is 2.05. The fourth-order valence-electron chi connectivity index (χ4n) is 2.26. The number of hydrogen-bond acceptors (Lipinski definition) is 4. The molecule has 0 saturated heterocycles. The Labute approximate surface area is 135 Å². The van der Waals surface area contributed by atoms with Crippen LogP contribution in [-0.2, 0) is 0 Å². The molecule has 2 aromatic carbocycles. The van der Waals surface area contributed by atoms with Gasteiger partial charge in [-0.15, -0.1) is 0 Å². The van der Waals surface area contributed by atoms with Gasteiger partial charge in [0.15, 0.2) is 11.6 Å². The van der Waals surface area contributed by atoms with Crippen LogP contribution in [0, 0.1) is 17.1 Å². The summed E-state index contributed by atoms with van der Waals surface area (Å²) in [7, 11) is 1.42. The Morgan fingerprint density at radius 3 is 2.43 bits per heavy atom.